The number of benzene rings is 2. The van der Waals surface area contributed by atoms with Crippen molar-refractivity contribution in [2.45, 2.75) is 38.1 Å². The predicted molar refractivity (Wildman–Crippen MR) is 97.7 cm³/mol. The van der Waals surface area contributed by atoms with Gasteiger partial charge in [0.2, 0.25) is 0 Å². The summed E-state index contributed by atoms with van der Waals surface area (Å²) in [7, 11) is 0. The van der Waals surface area contributed by atoms with Crippen LogP contribution >= 0.6 is 11.8 Å². The molecule has 2 atom stereocenters. The molecule has 0 N–H and O–H groups in total. The molecule has 0 spiro atoms. The molecule has 23 heavy (non-hydrogen) atoms. The van der Waals surface area contributed by atoms with Gasteiger partial charge in [0.1, 0.15) is 5.37 Å². The van der Waals surface area contributed by atoms with Crippen LogP contribution in [0, 0.1) is 0 Å². The number of thioether (sulfide) groups is 1. The van der Waals surface area contributed by atoms with E-state index in [1.54, 1.807) is 0 Å². The van der Waals surface area contributed by atoms with Gasteiger partial charge in [0.05, 0.1) is 0 Å². The average Bonchev–Trinajstić information content (AvgIpc) is 2.87. The smallest absolute Gasteiger partial charge is 0.255 e. The summed E-state index contributed by atoms with van der Waals surface area (Å²) in [5.74, 6) is 1.20. The van der Waals surface area contributed by atoms with E-state index in [0.717, 1.165) is 24.2 Å². The summed E-state index contributed by atoms with van der Waals surface area (Å²) in [5, 5.41) is 0.162. The van der Waals surface area contributed by atoms with E-state index in [1.165, 1.54) is 11.1 Å². The summed E-state index contributed by atoms with van der Waals surface area (Å²) < 4.78 is 0. The molecule has 2 nitrogen and oxygen atoms in total. The summed E-state index contributed by atoms with van der Waals surface area (Å²) >= 11 is 1.85. The molecule has 0 bridgehead atoms. The van der Waals surface area contributed by atoms with Crippen LogP contribution in [0.3, 0.4) is 0 Å². The van der Waals surface area contributed by atoms with Gasteiger partial charge < -0.3 is 4.90 Å². The molecule has 0 fully saturated rings. The Morgan fingerprint density at radius 3 is 2.52 bits per heavy atom. The molecule has 0 saturated heterocycles. The van der Waals surface area contributed by atoms with E-state index in [2.05, 4.69) is 49.1 Å². The van der Waals surface area contributed by atoms with Crippen LogP contribution in [0.4, 0.5) is 0 Å². The maximum Gasteiger partial charge on any atom is 0.255 e. The Morgan fingerprint density at radius 1 is 1.09 bits per heavy atom. The van der Waals surface area contributed by atoms with E-state index in [9.17, 15) is 4.79 Å². The van der Waals surface area contributed by atoms with Crippen molar-refractivity contribution < 1.29 is 4.79 Å². The Labute approximate surface area is 142 Å². The van der Waals surface area contributed by atoms with Gasteiger partial charge in [-0.3, -0.25) is 4.79 Å². The zero-order valence-electron chi connectivity index (χ0n) is 13.7. The van der Waals surface area contributed by atoms with Crippen LogP contribution in [0.1, 0.15) is 47.1 Å². The van der Waals surface area contributed by atoms with E-state index in [0.29, 0.717) is 0 Å². The molecule has 1 aliphatic heterocycles. The first-order valence-electron chi connectivity index (χ1n) is 8.29. The van der Waals surface area contributed by atoms with E-state index in [4.69, 9.17) is 0 Å². The van der Waals surface area contributed by atoms with Crippen LogP contribution in [-0.2, 0) is 6.42 Å². The van der Waals surface area contributed by atoms with Crippen molar-refractivity contribution in [1.29, 1.82) is 0 Å². The van der Waals surface area contributed by atoms with Crippen molar-refractivity contribution in [3.05, 3.63) is 71.3 Å². The number of rotatable bonds is 6. The van der Waals surface area contributed by atoms with Gasteiger partial charge in [0.25, 0.3) is 5.91 Å². The molecule has 0 aliphatic carbocycles. The normalized spacial score (nSPS) is 18.1. The molecule has 0 unspecified atom stereocenters. The highest BCUT2D eigenvalue weighted by atomic mass is 32.2. The number of aryl methyl sites for hydroxylation is 1. The lowest BCUT2D eigenvalue weighted by atomic mass is 10.1. The van der Waals surface area contributed by atoms with Crippen LogP contribution in [0.15, 0.2) is 54.6 Å². The first kappa shape index (κ1) is 16.1. The van der Waals surface area contributed by atoms with Crippen molar-refractivity contribution in [3.8, 4) is 0 Å². The zero-order valence-corrected chi connectivity index (χ0v) is 14.6. The fourth-order valence-electron chi connectivity index (χ4n) is 3.22. The molecule has 0 aromatic heterocycles. The number of hydrogen-bond donors (Lipinski definition) is 0. The van der Waals surface area contributed by atoms with Gasteiger partial charge in [-0.15, -0.1) is 11.8 Å². The Bertz CT molecular complexity index is 670. The van der Waals surface area contributed by atoms with Crippen molar-refractivity contribution in [1.82, 2.24) is 4.90 Å². The molecule has 3 heteroatoms. The largest absolute Gasteiger partial charge is 0.320 e. The van der Waals surface area contributed by atoms with Gasteiger partial charge in [0.15, 0.2) is 0 Å². The maximum atomic E-state index is 12.8. The minimum Gasteiger partial charge on any atom is -0.320 e. The Balaban J connectivity index is 1.76. The predicted octanol–water partition coefficient (Wildman–Crippen LogP) is 4.92. The Morgan fingerprint density at radius 2 is 1.78 bits per heavy atom. The number of carbonyl (C=O) groups excluding carboxylic acids is 1. The van der Waals surface area contributed by atoms with Gasteiger partial charge >= 0.3 is 0 Å². The fourth-order valence-corrected chi connectivity index (χ4v) is 4.39. The third-order valence-electron chi connectivity index (χ3n) is 4.44. The van der Waals surface area contributed by atoms with E-state index < -0.39 is 0 Å². The molecule has 3 rings (SSSR count). The molecule has 0 radical (unpaired) electrons. The third kappa shape index (κ3) is 3.30. The monoisotopic (exact) mass is 325 g/mol. The van der Waals surface area contributed by atoms with Crippen molar-refractivity contribution in [3.63, 3.8) is 0 Å². The highest BCUT2D eigenvalue weighted by Gasteiger charge is 2.38. The van der Waals surface area contributed by atoms with Crippen molar-refractivity contribution >= 4 is 17.7 Å². The molecule has 1 heterocycles. The second-order valence-corrected chi connectivity index (χ2v) is 7.34. The number of hydrogen-bond acceptors (Lipinski definition) is 2. The van der Waals surface area contributed by atoms with E-state index in [1.807, 2.05) is 36.0 Å². The topological polar surface area (TPSA) is 20.3 Å². The molecule has 2 aromatic rings. The van der Waals surface area contributed by atoms with Gasteiger partial charge in [0, 0.05) is 11.6 Å². The Hall–Kier alpha value is -1.74. The molecule has 120 valence electrons. The second kappa shape index (κ2) is 7.22. The molecule has 2 aromatic carbocycles. The van der Waals surface area contributed by atoms with Gasteiger partial charge in [-0.2, -0.15) is 0 Å². The van der Waals surface area contributed by atoms with Crippen LogP contribution in [0.25, 0.3) is 0 Å². The molecule has 0 saturated carbocycles. The lowest BCUT2D eigenvalue weighted by Crippen LogP contribution is -2.35. The highest BCUT2D eigenvalue weighted by molar-refractivity contribution is 7.99. The van der Waals surface area contributed by atoms with Crippen LogP contribution in [-0.4, -0.2) is 22.6 Å². The second-order valence-electron chi connectivity index (χ2n) is 5.98. The van der Waals surface area contributed by atoms with Crippen LogP contribution < -0.4 is 0 Å². The zero-order chi connectivity index (χ0) is 16.2. The van der Waals surface area contributed by atoms with Gasteiger partial charge in [-0.1, -0.05) is 55.5 Å². The summed E-state index contributed by atoms with van der Waals surface area (Å²) in [4.78, 5) is 14.9. The minimum absolute atomic E-state index is 0.162. The first-order valence-corrected chi connectivity index (χ1v) is 9.34. The van der Waals surface area contributed by atoms with Crippen molar-refractivity contribution in [2.75, 3.05) is 5.75 Å². The SMILES string of the molecule is CCS[C@H]1c2ccccc2C(=O)N1[C@H](C)CCc1ccccc1. The van der Waals surface area contributed by atoms with Gasteiger partial charge in [-0.05, 0) is 42.7 Å². The van der Waals surface area contributed by atoms with E-state index in [-0.39, 0.29) is 17.3 Å². The summed E-state index contributed by atoms with van der Waals surface area (Å²) in [5.41, 5.74) is 3.39. The molecule has 1 aliphatic rings. The summed E-state index contributed by atoms with van der Waals surface area (Å²) in [6.45, 7) is 4.33. The minimum atomic E-state index is 0.162. The quantitative estimate of drug-likeness (QED) is 0.751. The fraction of sp³-hybridized carbons (Fsp3) is 0.350. The number of nitrogens with zero attached hydrogens (tertiary/aromatic N) is 1. The maximum absolute atomic E-state index is 12.8. The molecular weight excluding hydrogens is 302 g/mol. The highest BCUT2D eigenvalue weighted by Crippen LogP contribution is 2.42. The van der Waals surface area contributed by atoms with E-state index >= 15 is 0 Å². The lowest BCUT2D eigenvalue weighted by Gasteiger charge is -2.31. The van der Waals surface area contributed by atoms with Crippen LogP contribution in [0.5, 0.6) is 0 Å². The third-order valence-corrected chi connectivity index (χ3v) is 5.57. The number of carbonyl (C=O) groups is 1. The standard InChI is InChI=1S/C20H23NOS/c1-3-23-20-18-12-8-7-11-17(18)19(22)21(20)15(2)13-14-16-9-5-4-6-10-16/h4-12,15,20H,3,13-14H2,1-2H3/t15-,20+/m1/s1. The van der Waals surface area contributed by atoms with Crippen molar-refractivity contribution in [2.24, 2.45) is 0 Å². The summed E-state index contributed by atoms with van der Waals surface area (Å²) in [6.07, 6.45) is 2.00. The number of fused-ring (bicyclic) bond motifs is 1. The lowest BCUT2D eigenvalue weighted by molar-refractivity contribution is 0.0703. The molecular formula is C20H23NOS. The molecule has 1 amide bonds. The van der Waals surface area contributed by atoms with Gasteiger partial charge in [-0.25, -0.2) is 0 Å². The Kier molecular flexibility index (Phi) is 5.06. The first-order chi connectivity index (χ1) is 11.2. The number of amides is 1. The summed E-state index contributed by atoms with van der Waals surface area (Å²) in [6, 6.07) is 18.8. The average molecular weight is 325 g/mol. The van der Waals surface area contributed by atoms with Crippen LogP contribution in [0.2, 0.25) is 0 Å².